The zero-order chi connectivity index (χ0) is 14.7. The van der Waals surface area contributed by atoms with Crippen LogP contribution in [0, 0.1) is 6.92 Å². The van der Waals surface area contributed by atoms with Crippen LogP contribution in [-0.2, 0) is 0 Å². The number of para-hydroxylation sites is 1. The van der Waals surface area contributed by atoms with Gasteiger partial charge in [0.05, 0.1) is 11.6 Å². The third kappa shape index (κ3) is 2.85. The van der Waals surface area contributed by atoms with Gasteiger partial charge in [-0.05, 0) is 54.6 Å². The fourth-order valence-corrected chi connectivity index (χ4v) is 3.48. The Morgan fingerprint density at radius 2 is 2.00 bits per heavy atom. The molecule has 1 unspecified atom stereocenters. The van der Waals surface area contributed by atoms with Gasteiger partial charge >= 0.3 is 0 Å². The van der Waals surface area contributed by atoms with E-state index in [1.165, 1.54) is 21.4 Å². The van der Waals surface area contributed by atoms with Gasteiger partial charge in [0.25, 0.3) is 0 Å². The van der Waals surface area contributed by atoms with E-state index in [-0.39, 0.29) is 6.04 Å². The molecule has 0 aliphatic rings. The van der Waals surface area contributed by atoms with Gasteiger partial charge in [-0.3, -0.25) is 4.98 Å². The summed E-state index contributed by atoms with van der Waals surface area (Å²) in [5.74, 6) is 0. The van der Waals surface area contributed by atoms with Gasteiger partial charge in [-0.1, -0.05) is 25.1 Å². The quantitative estimate of drug-likeness (QED) is 0.738. The summed E-state index contributed by atoms with van der Waals surface area (Å²) >= 11 is 1.81. The molecule has 3 aromatic rings. The van der Waals surface area contributed by atoms with E-state index in [0.29, 0.717) is 0 Å². The van der Waals surface area contributed by atoms with Crippen molar-refractivity contribution < 1.29 is 0 Å². The highest BCUT2D eigenvalue weighted by molar-refractivity contribution is 7.10. The van der Waals surface area contributed by atoms with Gasteiger partial charge in [-0.25, -0.2) is 0 Å². The Kier molecular flexibility index (Phi) is 4.32. The number of thiophene rings is 1. The van der Waals surface area contributed by atoms with Crippen molar-refractivity contribution in [1.29, 1.82) is 0 Å². The SMILES string of the molecule is CCCNC(c1ccsc1C)c1ccnc2ccccc12. The van der Waals surface area contributed by atoms with Gasteiger partial charge in [0.15, 0.2) is 0 Å². The van der Waals surface area contributed by atoms with Crippen LogP contribution in [0.2, 0.25) is 0 Å². The predicted octanol–water partition coefficient (Wildman–Crippen LogP) is 4.69. The first-order valence-electron chi connectivity index (χ1n) is 7.42. The zero-order valence-corrected chi connectivity index (χ0v) is 13.3. The van der Waals surface area contributed by atoms with E-state index in [1.807, 2.05) is 23.6 Å². The maximum atomic E-state index is 4.48. The van der Waals surface area contributed by atoms with Crippen LogP contribution in [0.5, 0.6) is 0 Å². The topological polar surface area (TPSA) is 24.9 Å². The van der Waals surface area contributed by atoms with Crippen LogP contribution in [-0.4, -0.2) is 11.5 Å². The largest absolute Gasteiger partial charge is 0.306 e. The van der Waals surface area contributed by atoms with Crippen molar-refractivity contribution in [2.24, 2.45) is 0 Å². The molecule has 108 valence electrons. The maximum Gasteiger partial charge on any atom is 0.0705 e. The Balaban J connectivity index is 2.12. The number of fused-ring (bicyclic) bond motifs is 1. The van der Waals surface area contributed by atoms with E-state index in [2.05, 4.69) is 59.9 Å². The van der Waals surface area contributed by atoms with Crippen molar-refractivity contribution in [3.05, 3.63) is 64.0 Å². The molecule has 2 heterocycles. The highest BCUT2D eigenvalue weighted by Crippen LogP contribution is 2.31. The van der Waals surface area contributed by atoms with Crippen molar-refractivity contribution in [2.45, 2.75) is 26.3 Å². The number of rotatable bonds is 5. The lowest BCUT2D eigenvalue weighted by atomic mass is 9.96. The molecule has 2 nitrogen and oxygen atoms in total. The summed E-state index contributed by atoms with van der Waals surface area (Å²) in [5, 5.41) is 7.11. The van der Waals surface area contributed by atoms with E-state index in [1.54, 1.807) is 0 Å². The molecule has 3 heteroatoms. The average Bonchev–Trinajstić information content (AvgIpc) is 2.94. The molecule has 0 bridgehead atoms. The number of pyridine rings is 1. The highest BCUT2D eigenvalue weighted by atomic mass is 32.1. The van der Waals surface area contributed by atoms with Crippen LogP contribution >= 0.6 is 11.3 Å². The monoisotopic (exact) mass is 296 g/mol. The number of aryl methyl sites for hydroxylation is 1. The van der Waals surface area contributed by atoms with Crippen LogP contribution in [0.1, 0.15) is 35.4 Å². The minimum absolute atomic E-state index is 0.240. The molecular weight excluding hydrogens is 276 g/mol. The summed E-state index contributed by atoms with van der Waals surface area (Å²) in [5.41, 5.74) is 3.76. The minimum atomic E-state index is 0.240. The Morgan fingerprint density at radius 1 is 1.14 bits per heavy atom. The smallest absolute Gasteiger partial charge is 0.0705 e. The lowest BCUT2D eigenvalue weighted by Gasteiger charge is -2.21. The fraction of sp³-hybridized carbons (Fsp3) is 0.278. The standard InChI is InChI=1S/C18H20N2S/c1-3-10-20-18(14-9-12-21-13(14)2)16-8-11-19-17-7-5-4-6-15(16)17/h4-9,11-12,18,20H,3,10H2,1-2H3. The third-order valence-electron chi connectivity index (χ3n) is 3.80. The van der Waals surface area contributed by atoms with E-state index < -0.39 is 0 Å². The number of nitrogens with one attached hydrogen (secondary N) is 1. The lowest BCUT2D eigenvalue weighted by molar-refractivity contribution is 0.601. The second-order valence-corrected chi connectivity index (χ2v) is 6.36. The van der Waals surface area contributed by atoms with Gasteiger partial charge in [0, 0.05) is 16.5 Å². The number of hydrogen-bond donors (Lipinski definition) is 1. The first kappa shape index (κ1) is 14.2. The average molecular weight is 296 g/mol. The van der Waals surface area contributed by atoms with Crippen molar-refractivity contribution in [3.8, 4) is 0 Å². The third-order valence-corrected chi connectivity index (χ3v) is 4.66. The van der Waals surface area contributed by atoms with Gasteiger partial charge in [-0.15, -0.1) is 11.3 Å². The number of nitrogens with zero attached hydrogens (tertiary/aromatic N) is 1. The summed E-state index contributed by atoms with van der Waals surface area (Å²) in [7, 11) is 0. The first-order valence-corrected chi connectivity index (χ1v) is 8.30. The summed E-state index contributed by atoms with van der Waals surface area (Å²) in [6, 6.07) is 13.0. The van der Waals surface area contributed by atoms with Gasteiger partial charge in [-0.2, -0.15) is 0 Å². The Bertz CT molecular complexity index is 727. The zero-order valence-electron chi connectivity index (χ0n) is 12.5. The molecule has 0 aliphatic carbocycles. The van der Waals surface area contributed by atoms with Crippen LogP contribution in [0.25, 0.3) is 10.9 Å². The molecule has 0 amide bonds. The van der Waals surface area contributed by atoms with E-state index in [4.69, 9.17) is 0 Å². The van der Waals surface area contributed by atoms with Crippen molar-refractivity contribution in [3.63, 3.8) is 0 Å². The molecule has 1 atom stereocenters. The molecule has 0 saturated heterocycles. The van der Waals surface area contributed by atoms with Crippen LogP contribution < -0.4 is 5.32 Å². The Labute approximate surface area is 129 Å². The molecule has 3 rings (SSSR count). The van der Waals surface area contributed by atoms with Crippen molar-refractivity contribution in [2.75, 3.05) is 6.54 Å². The summed E-state index contributed by atoms with van der Waals surface area (Å²) in [6.45, 7) is 5.41. The predicted molar refractivity (Wildman–Crippen MR) is 90.9 cm³/mol. The van der Waals surface area contributed by atoms with Gasteiger partial charge in [0.1, 0.15) is 0 Å². The van der Waals surface area contributed by atoms with E-state index >= 15 is 0 Å². The van der Waals surface area contributed by atoms with Crippen molar-refractivity contribution in [1.82, 2.24) is 10.3 Å². The molecular formula is C18H20N2S. The molecule has 1 N–H and O–H groups in total. The molecule has 0 aliphatic heterocycles. The van der Waals surface area contributed by atoms with E-state index in [9.17, 15) is 0 Å². The minimum Gasteiger partial charge on any atom is -0.306 e. The van der Waals surface area contributed by atoms with Gasteiger partial charge < -0.3 is 5.32 Å². The molecule has 2 aromatic heterocycles. The highest BCUT2D eigenvalue weighted by Gasteiger charge is 2.18. The number of hydrogen-bond acceptors (Lipinski definition) is 3. The summed E-state index contributed by atoms with van der Waals surface area (Å²) in [4.78, 5) is 5.86. The van der Waals surface area contributed by atoms with Crippen LogP contribution in [0.15, 0.2) is 48.0 Å². The van der Waals surface area contributed by atoms with Crippen LogP contribution in [0.4, 0.5) is 0 Å². The number of benzene rings is 1. The second kappa shape index (κ2) is 6.37. The van der Waals surface area contributed by atoms with E-state index in [0.717, 1.165) is 18.5 Å². The molecule has 0 saturated carbocycles. The lowest BCUT2D eigenvalue weighted by Crippen LogP contribution is -2.23. The maximum absolute atomic E-state index is 4.48. The molecule has 1 aromatic carbocycles. The number of aromatic nitrogens is 1. The van der Waals surface area contributed by atoms with Crippen LogP contribution in [0.3, 0.4) is 0 Å². The molecule has 0 fully saturated rings. The first-order chi connectivity index (χ1) is 10.3. The molecule has 0 spiro atoms. The summed E-state index contributed by atoms with van der Waals surface area (Å²) in [6.07, 6.45) is 3.04. The fourth-order valence-electron chi connectivity index (χ4n) is 2.74. The van der Waals surface area contributed by atoms with Gasteiger partial charge in [0.2, 0.25) is 0 Å². The Morgan fingerprint density at radius 3 is 2.76 bits per heavy atom. The molecule has 21 heavy (non-hydrogen) atoms. The second-order valence-electron chi connectivity index (χ2n) is 5.24. The summed E-state index contributed by atoms with van der Waals surface area (Å²) < 4.78 is 0. The Hall–Kier alpha value is -1.71. The normalized spacial score (nSPS) is 12.7. The van der Waals surface area contributed by atoms with Crippen molar-refractivity contribution >= 4 is 22.2 Å². The molecule has 0 radical (unpaired) electrons.